The Hall–Kier alpha value is -1.17. The Morgan fingerprint density at radius 3 is 2.80 bits per heavy atom. The van der Waals surface area contributed by atoms with Crippen molar-refractivity contribution in [3.63, 3.8) is 0 Å². The SMILES string of the molecule is C#CC(CC)OC(=O)NC. The fourth-order valence-corrected chi connectivity index (χ4v) is 0.423. The van der Waals surface area contributed by atoms with Gasteiger partial charge in [0.15, 0.2) is 6.10 Å². The van der Waals surface area contributed by atoms with Gasteiger partial charge in [-0.3, -0.25) is 0 Å². The summed E-state index contributed by atoms with van der Waals surface area (Å²) in [6.07, 6.45) is 4.79. The molecule has 0 radical (unpaired) electrons. The average molecular weight is 141 g/mol. The van der Waals surface area contributed by atoms with Crippen molar-refractivity contribution in [3.8, 4) is 12.3 Å². The highest BCUT2D eigenvalue weighted by atomic mass is 16.6. The van der Waals surface area contributed by atoms with Crippen molar-refractivity contribution in [2.45, 2.75) is 19.4 Å². The first kappa shape index (κ1) is 8.83. The van der Waals surface area contributed by atoms with Crippen LogP contribution in [0.15, 0.2) is 0 Å². The average Bonchev–Trinajstić information content (AvgIpc) is 1.99. The molecule has 3 nitrogen and oxygen atoms in total. The Balaban J connectivity index is 3.66. The Bertz CT molecular complexity index is 148. The fourth-order valence-electron chi connectivity index (χ4n) is 0.423. The van der Waals surface area contributed by atoms with Crippen LogP contribution in [0.1, 0.15) is 13.3 Å². The fraction of sp³-hybridized carbons (Fsp3) is 0.571. The Kier molecular flexibility index (Phi) is 4.14. The summed E-state index contributed by atoms with van der Waals surface area (Å²) in [4.78, 5) is 10.5. The minimum absolute atomic E-state index is 0.403. The summed E-state index contributed by atoms with van der Waals surface area (Å²) in [5, 5.41) is 2.31. The van der Waals surface area contributed by atoms with E-state index in [0.717, 1.165) is 0 Å². The molecular formula is C7H11NO2. The molecule has 0 aliphatic carbocycles. The van der Waals surface area contributed by atoms with Crippen molar-refractivity contribution in [1.82, 2.24) is 5.32 Å². The van der Waals surface area contributed by atoms with E-state index >= 15 is 0 Å². The standard InChI is InChI=1S/C7H11NO2/c1-4-6(5-2)10-7(9)8-3/h1,6H,5H2,2-3H3,(H,8,9). The lowest BCUT2D eigenvalue weighted by Crippen LogP contribution is -2.24. The molecule has 0 aromatic rings. The lowest BCUT2D eigenvalue weighted by molar-refractivity contribution is 0.124. The van der Waals surface area contributed by atoms with Gasteiger partial charge in [0.05, 0.1) is 0 Å². The van der Waals surface area contributed by atoms with Crippen LogP contribution < -0.4 is 5.32 Å². The largest absolute Gasteiger partial charge is 0.433 e. The molecule has 0 fully saturated rings. The van der Waals surface area contributed by atoms with E-state index in [4.69, 9.17) is 11.2 Å². The summed E-state index contributed by atoms with van der Waals surface area (Å²) in [6.45, 7) is 1.85. The lowest BCUT2D eigenvalue weighted by Gasteiger charge is -2.07. The number of terminal acetylenes is 1. The van der Waals surface area contributed by atoms with Crippen molar-refractivity contribution >= 4 is 6.09 Å². The maximum absolute atomic E-state index is 10.5. The second-order valence-corrected chi connectivity index (χ2v) is 1.72. The highest BCUT2D eigenvalue weighted by Gasteiger charge is 2.05. The van der Waals surface area contributed by atoms with E-state index in [1.807, 2.05) is 6.92 Å². The number of hydrogen-bond acceptors (Lipinski definition) is 2. The van der Waals surface area contributed by atoms with Gasteiger partial charge < -0.3 is 10.1 Å². The second-order valence-electron chi connectivity index (χ2n) is 1.72. The highest BCUT2D eigenvalue weighted by Crippen LogP contribution is 1.94. The molecule has 1 atom stereocenters. The molecular weight excluding hydrogens is 130 g/mol. The normalized spacial score (nSPS) is 11.3. The molecule has 56 valence electrons. The zero-order valence-electron chi connectivity index (χ0n) is 6.18. The zero-order chi connectivity index (χ0) is 7.98. The van der Waals surface area contributed by atoms with E-state index in [-0.39, 0.29) is 0 Å². The van der Waals surface area contributed by atoms with Gasteiger partial charge in [0.25, 0.3) is 0 Å². The third-order valence-corrected chi connectivity index (χ3v) is 1.01. The number of rotatable bonds is 2. The topological polar surface area (TPSA) is 38.3 Å². The molecule has 0 aromatic heterocycles. The van der Waals surface area contributed by atoms with Gasteiger partial charge in [-0.25, -0.2) is 4.79 Å². The molecule has 1 amide bonds. The molecule has 0 aromatic carbocycles. The Morgan fingerprint density at radius 1 is 1.90 bits per heavy atom. The molecule has 1 N–H and O–H groups in total. The van der Waals surface area contributed by atoms with Gasteiger partial charge in [0, 0.05) is 7.05 Å². The smallest absolute Gasteiger partial charge is 0.408 e. The maximum atomic E-state index is 10.5. The minimum atomic E-state index is -0.482. The molecule has 3 heteroatoms. The molecule has 0 rings (SSSR count). The van der Waals surface area contributed by atoms with Crippen LogP contribution in [0, 0.1) is 12.3 Å². The third kappa shape index (κ3) is 2.98. The van der Waals surface area contributed by atoms with E-state index < -0.39 is 12.2 Å². The van der Waals surface area contributed by atoms with Gasteiger partial charge >= 0.3 is 6.09 Å². The van der Waals surface area contributed by atoms with Crippen LogP contribution in [0.4, 0.5) is 4.79 Å². The molecule has 0 saturated carbocycles. The maximum Gasteiger partial charge on any atom is 0.408 e. The van der Waals surface area contributed by atoms with Gasteiger partial charge in [-0.15, -0.1) is 6.42 Å². The number of carbonyl (C=O) groups is 1. The molecule has 0 saturated heterocycles. The predicted octanol–water partition coefficient (Wildman–Crippen LogP) is 0.754. The van der Waals surface area contributed by atoms with E-state index in [2.05, 4.69) is 11.2 Å². The summed E-state index contributed by atoms with van der Waals surface area (Å²) in [5.41, 5.74) is 0. The molecule has 0 aliphatic rings. The highest BCUT2D eigenvalue weighted by molar-refractivity contribution is 5.67. The molecule has 1 unspecified atom stereocenters. The van der Waals surface area contributed by atoms with Crippen molar-refractivity contribution in [3.05, 3.63) is 0 Å². The summed E-state index contributed by atoms with van der Waals surface area (Å²) in [6, 6.07) is 0. The lowest BCUT2D eigenvalue weighted by atomic mass is 10.3. The first-order valence-electron chi connectivity index (χ1n) is 3.09. The second kappa shape index (κ2) is 4.68. The van der Waals surface area contributed by atoms with Crippen molar-refractivity contribution < 1.29 is 9.53 Å². The monoisotopic (exact) mass is 141 g/mol. The summed E-state index contributed by atoms with van der Waals surface area (Å²) < 4.78 is 4.71. The van der Waals surface area contributed by atoms with Gasteiger partial charge in [-0.2, -0.15) is 0 Å². The summed E-state index contributed by atoms with van der Waals surface area (Å²) in [5.74, 6) is 2.33. The molecule has 0 heterocycles. The van der Waals surface area contributed by atoms with Crippen LogP contribution in [-0.4, -0.2) is 19.2 Å². The number of nitrogens with one attached hydrogen (secondary N) is 1. The van der Waals surface area contributed by atoms with Crippen molar-refractivity contribution in [2.75, 3.05) is 7.05 Å². The molecule has 10 heavy (non-hydrogen) atoms. The van der Waals surface area contributed by atoms with E-state index in [9.17, 15) is 4.79 Å². The van der Waals surface area contributed by atoms with E-state index in [1.54, 1.807) is 0 Å². The minimum Gasteiger partial charge on any atom is -0.433 e. The van der Waals surface area contributed by atoms with E-state index in [1.165, 1.54) is 7.05 Å². The van der Waals surface area contributed by atoms with Crippen LogP contribution in [0.25, 0.3) is 0 Å². The Labute approximate surface area is 60.8 Å². The molecule has 0 bridgehead atoms. The van der Waals surface area contributed by atoms with Gasteiger partial charge in [-0.05, 0) is 6.42 Å². The van der Waals surface area contributed by atoms with Gasteiger partial charge in [-0.1, -0.05) is 12.8 Å². The molecule has 0 spiro atoms. The van der Waals surface area contributed by atoms with Crippen molar-refractivity contribution in [2.24, 2.45) is 0 Å². The zero-order valence-corrected chi connectivity index (χ0v) is 6.18. The van der Waals surface area contributed by atoms with Crippen LogP contribution >= 0.6 is 0 Å². The quantitative estimate of drug-likeness (QED) is 0.576. The summed E-state index contributed by atoms with van der Waals surface area (Å²) >= 11 is 0. The van der Waals surface area contributed by atoms with Crippen LogP contribution in [0.2, 0.25) is 0 Å². The number of hydrogen-bond donors (Lipinski definition) is 1. The number of amides is 1. The van der Waals surface area contributed by atoms with Crippen LogP contribution in [-0.2, 0) is 4.74 Å². The number of carbonyl (C=O) groups excluding carboxylic acids is 1. The number of alkyl carbamates (subject to hydrolysis) is 1. The third-order valence-electron chi connectivity index (χ3n) is 1.01. The van der Waals surface area contributed by atoms with Gasteiger partial charge in [0.1, 0.15) is 0 Å². The van der Waals surface area contributed by atoms with E-state index in [0.29, 0.717) is 6.42 Å². The first-order chi connectivity index (χ1) is 4.74. The van der Waals surface area contributed by atoms with Crippen LogP contribution in [0.5, 0.6) is 0 Å². The summed E-state index contributed by atoms with van der Waals surface area (Å²) in [7, 11) is 1.49. The number of ether oxygens (including phenoxy) is 1. The predicted molar refractivity (Wildman–Crippen MR) is 38.5 cm³/mol. The first-order valence-corrected chi connectivity index (χ1v) is 3.09. The van der Waals surface area contributed by atoms with Crippen LogP contribution in [0.3, 0.4) is 0 Å². The van der Waals surface area contributed by atoms with Gasteiger partial charge in [0.2, 0.25) is 0 Å². The van der Waals surface area contributed by atoms with Crippen molar-refractivity contribution in [1.29, 1.82) is 0 Å². The Morgan fingerprint density at radius 2 is 2.50 bits per heavy atom. The molecule has 0 aliphatic heterocycles.